The Labute approximate surface area is 113 Å². The number of esters is 1. The van der Waals surface area contributed by atoms with Crippen molar-refractivity contribution in [1.82, 2.24) is 4.98 Å². The molecule has 20 heavy (non-hydrogen) atoms. The maximum atomic E-state index is 12.9. The molecule has 1 saturated heterocycles. The van der Waals surface area contributed by atoms with E-state index < -0.39 is 29.7 Å². The van der Waals surface area contributed by atoms with Crippen LogP contribution in [0.5, 0.6) is 0 Å². The molecule has 0 aromatic carbocycles. The van der Waals surface area contributed by atoms with Gasteiger partial charge in [-0.2, -0.15) is 13.2 Å². The van der Waals surface area contributed by atoms with Crippen LogP contribution >= 0.6 is 0 Å². The summed E-state index contributed by atoms with van der Waals surface area (Å²) in [7, 11) is 0. The second-order valence-corrected chi connectivity index (χ2v) is 4.51. The molecule has 0 spiro atoms. The lowest BCUT2D eigenvalue weighted by Gasteiger charge is -2.09. The van der Waals surface area contributed by atoms with Crippen LogP contribution in [0.2, 0.25) is 0 Å². The Morgan fingerprint density at radius 2 is 2.20 bits per heavy atom. The van der Waals surface area contributed by atoms with Crippen LogP contribution in [0.3, 0.4) is 0 Å². The second-order valence-electron chi connectivity index (χ2n) is 4.51. The SMILES string of the molecule is CCOC(=O)c1oc(C2OCCC2C)nc1C(F)(F)F. The van der Waals surface area contributed by atoms with Gasteiger partial charge in [0.15, 0.2) is 5.69 Å². The topological polar surface area (TPSA) is 61.6 Å². The Morgan fingerprint density at radius 3 is 2.70 bits per heavy atom. The zero-order valence-electron chi connectivity index (χ0n) is 11.0. The van der Waals surface area contributed by atoms with Gasteiger partial charge in [0, 0.05) is 6.61 Å². The fourth-order valence-corrected chi connectivity index (χ4v) is 2.00. The predicted molar refractivity (Wildman–Crippen MR) is 59.9 cm³/mol. The van der Waals surface area contributed by atoms with Crippen LogP contribution in [-0.2, 0) is 15.7 Å². The van der Waals surface area contributed by atoms with E-state index in [0.29, 0.717) is 13.0 Å². The van der Waals surface area contributed by atoms with E-state index in [4.69, 9.17) is 9.15 Å². The molecular weight excluding hydrogens is 279 g/mol. The Bertz CT molecular complexity index is 497. The molecule has 1 aromatic heterocycles. The first-order chi connectivity index (χ1) is 9.34. The van der Waals surface area contributed by atoms with Gasteiger partial charge in [-0.05, 0) is 19.3 Å². The molecule has 0 amide bonds. The quantitative estimate of drug-likeness (QED) is 0.802. The van der Waals surface area contributed by atoms with E-state index in [1.807, 2.05) is 6.92 Å². The van der Waals surface area contributed by atoms with Gasteiger partial charge < -0.3 is 13.9 Å². The summed E-state index contributed by atoms with van der Waals surface area (Å²) in [6.07, 6.45) is -4.76. The molecule has 1 fully saturated rings. The normalized spacial score (nSPS) is 23.1. The fourth-order valence-electron chi connectivity index (χ4n) is 2.00. The Balaban J connectivity index is 2.39. The average Bonchev–Trinajstić information content (AvgIpc) is 2.94. The number of rotatable bonds is 3. The minimum atomic E-state index is -4.79. The maximum absolute atomic E-state index is 12.9. The van der Waals surface area contributed by atoms with Crippen LogP contribution < -0.4 is 0 Å². The summed E-state index contributed by atoms with van der Waals surface area (Å²) in [6.45, 7) is 3.68. The minimum absolute atomic E-state index is 0.0234. The number of hydrogen-bond acceptors (Lipinski definition) is 5. The maximum Gasteiger partial charge on any atom is 0.437 e. The van der Waals surface area contributed by atoms with Crippen molar-refractivity contribution in [2.75, 3.05) is 13.2 Å². The Hall–Kier alpha value is -1.57. The number of carbonyl (C=O) groups excluding carboxylic acids is 1. The van der Waals surface area contributed by atoms with Crippen molar-refractivity contribution in [2.45, 2.75) is 32.5 Å². The number of halogens is 3. The van der Waals surface area contributed by atoms with Gasteiger partial charge in [0.25, 0.3) is 0 Å². The number of nitrogens with zero attached hydrogens (tertiary/aromatic N) is 1. The van der Waals surface area contributed by atoms with Gasteiger partial charge in [-0.25, -0.2) is 9.78 Å². The standard InChI is InChI=1S/C12H14F3NO4/c1-3-18-11(17)8-9(12(13,14)15)16-10(20-8)7-6(2)4-5-19-7/h6-7H,3-5H2,1-2H3. The number of alkyl halides is 3. The predicted octanol–water partition coefficient (Wildman–Crippen LogP) is 2.97. The molecule has 0 bridgehead atoms. The number of hydrogen-bond donors (Lipinski definition) is 0. The van der Waals surface area contributed by atoms with E-state index in [0.717, 1.165) is 0 Å². The van der Waals surface area contributed by atoms with Crippen LogP contribution in [0, 0.1) is 5.92 Å². The van der Waals surface area contributed by atoms with E-state index in [-0.39, 0.29) is 18.4 Å². The van der Waals surface area contributed by atoms with E-state index in [9.17, 15) is 18.0 Å². The van der Waals surface area contributed by atoms with Crippen molar-refractivity contribution in [2.24, 2.45) is 5.92 Å². The van der Waals surface area contributed by atoms with E-state index in [2.05, 4.69) is 9.72 Å². The van der Waals surface area contributed by atoms with Crippen LogP contribution in [0.25, 0.3) is 0 Å². The van der Waals surface area contributed by atoms with Crippen LogP contribution in [0.15, 0.2) is 4.42 Å². The van der Waals surface area contributed by atoms with Gasteiger partial charge in [0.05, 0.1) is 6.61 Å². The van der Waals surface area contributed by atoms with Gasteiger partial charge in [-0.1, -0.05) is 6.92 Å². The lowest BCUT2D eigenvalue weighted by atomic mass is 10.0. The van der Waals surface area contributed by atoms with Crippen molar-refractivity contribution in [1.29, 1.82) is 0 Å². The summed E-state index contributed by atoms with van der Waals surface area (Å²) >= 11 is 0. The van der Waals surface area contributed by atoms with Gasteiger partial charge in [-0.15, -0.1) is 0 Å². The van der Waals surface area contributed by atoms with Crippen molar-refractivity contribution in [3.8, 4) is 0 Å². The zero-order valence-corrected chi connectivity index (χ0v) is 11.0. The van der Waals surface area contributed by atoms with Crippen molar-refractivity contribution in [3.05, 3.63) is 17.3 Å². The summed E-state index contributed by atoms with van der Waals surface area (Å²) < 4.78 is 53.5. The third-order valence-electron chi connectivity index (χ3n) is 3.00. The largest absolute Gasteiger partial charge is 0.460 e. The smallest absolute Gasteiger partial charge is 0.437 e. The summed E-state index contributed by atoms with van der Waals surface area (Å²) in [6, 6.07) is 0. The Kier molecular flexibility index (Phi) is 4.03. The van der Waals surface area contributed by atoms with Crippen molar-refractivity contribution in [3.63, 3.8) is 0 Å². The molecule has 0 radical (unpaired) electrons. The molecule has 8 heteroatoms. The fraction of sp³-hybridized carbons (Fsp3) is 0.667. The highest BCUT2D eigenvalue weighted by Crippen LogP contribution is 2.38. The number of ether oxygens (including phenoxy) is 2. The lowest BCUT2D eigenvalue weighted by molar-refractivity contribution is -0.141. The first kappa shape index (κ1) is 14.8. The Morgan fingerprint density at radius 1 is 1.50 bits per heavy atom. The molecule has 0 N–H and O–H groups in total. The van der Waals surface area contributed by atoms with Gasteiger partial charge in [-0.3, -0.25) is 0 Å². The molecule has 2 atom stereocenters. The van der Waals surface area contributed by atoms with Gasteiger partial charge in [0.1, 0.15) is 6.10 Å². The minimum Gasteiger partial charge on any atom is -0.460 e. The number of oxazole rings is 1. The van der Waals surface area contributed by atoms with E-state index in [1.165, 1.54) is 6.92 Å². The zero-order chi connectivity index (χ0) is 14.9. The molecular formula is C12H14F3NO4. The number of aromatic nitrogens is 1. The lowest BCUT2D eigenvalue weighted by Crippen LogP contribution is -2.14. The van der Waals surface area contributed by atoms with Crippen LogP contribution in [-0.4, -0.2) is 24.2 Å². The molecule has 1 aliphatic heterocycles. The highest BCUT2D eigenvalue weighted by Gasteiger charge is 2.43. The number of carbonyl (C=O) groups is 1. The van der Waals surface area contributed by atoms with Gasteiger partial charge >= 0.3 is 12.1 Å². The molecule has 2 unspecified atom stereocenters. The molecule has 0 aliphatic carbocycles. The summed E-state index contributed by atoms with van der Waals surface area (Å²) in [5.41, 5.74) is -1.37. The summed E-state index contributed by atoms with van der Waals surface area (Å²) in [4.78, 5) is 14.9. The second kappa shape index (κ2) is 5.43. The molecule has 1 aliphatic rings. The molecule has 1 aromatic rings. The highest BCUT2D eigenvalue weighted by atomic mass is 19.4. The highest BCUT2D eigenvalue weighted by molar-refractivity contribution is 5.87. The molecule has 2 rings (SSSR count). The third kappa shape index (κ3) is 2.79. The third-order valence-corrected chi connectivity index (χ3v) is 3.00. The van der Waals surface area contributed by atoms with Crippen LogP contribution in [0.1, 0.15) is 48.5 Å². The van der Waals surface area contributed by atoms with Crippen molar-refractivity contribution < 1.29 is 31.9 Å². The average molecular weight is 293 g/mol. The van der Waals surface area contributed by atoms with Crippen LogP contribution in [0.4, 0.5) is 13.2 Å². The first-order valence-electron chi connectivity index (χ1n) is 6.21. The van der Waals surface area contributed by atoms with Gasteiger partial charge in [0.2, 0.25) is 11.7 Å². The summed E-state index contributed by atoms with van der Waals surface area (Å²) in [5.74, 6) is -2.35. The molecule has 2 heterocycles. The first-order valence-corrected chi connectivity index (χ1v) is 6.21. The summed E-state index contributed by atoms with van der Waals surface area (Å²) in [5, 5.41) is 0. The monoisotopic (exact) mass is 293 g/mol. The molecule has 112 valence electrons. The van der Waals surface area contributed by atoms with E-state index in [1.54, 1.807) is 0 Å². The molecule has 0 saturated carbocycles. The van der Waals surface area contributed by atoms with Crippen molar-refractivity contribution >= 4 is 5.97 Å². The molecule has 5 nitrogen and oxygen atoms in total. The van der Waals surface area contributed by atoms with E-state index >= 15 is 0 Å².